The van der Waals surface area contributed by atoms with Gasteiger partial charge in [0.15, 0.2) is 0 Å². The predicted molar refractivity (Wildman–Crippen MR) is 108 cm³/mol. The van der Waals surface area contributed by atoms with Gasteiger partial charge in [-0.1, -0.05) is 12.1 Å². The van der Waals surface area contributed by atoms with E-state index in [1.807, 2.05) is 55.1 Å². The quantitative estimate of drug-likeness (QED) is 0.645. The lowest BCUT2D eigenvalue weighted by Crippen LogP contribution is -2.31. The fourth-order valence-corrected chi connectivity index (χ4v) is 4.18. The molecule has 0 N–H and O–H groups in total. The second kappa shape index (κ2) is 7.58. The van der Waals surface area contributed by atoms with E-state index in [9.17, 15) is 4.79 Å². The molecule has 5 nitrogen and oxygen atoms in total. The largest absolute Gasteiger partial charge is 0.497 e. The molecule has 1 aliphatic rings. The maximum atomic E-state index is 13.4. The van der Waals surface area contributed by atoms with Crippen molar-refractivity contribution in [2.45, 2.75) is 39.3 Å². The average Bonchev–Trinajstić information content (AvgIpc) is 3.45. The Bertz CT molecular complexity index is 972. The Balaban J connectivity index is 1.61. The monoisotopic (exact) mass is 378 g/mol. The van der Waals surface area contributed by atoms with Crippen molar-refractivity contribution in [3.8, 4) is 5.75 Å². The number of ether oxygens (including phenoxy) is 1. The number of nitrogens with zero attached hydrogens (tertiary/aromatic N) is 2. The van der Waals surface area contributed by atoms with Gasteiger partial charge in [0.05, 0.1) is 31.5 Å². The first kappa shape index (κ1) is 18.4. The van der Waals surface area contributed by atoms with E-state index in [1.54, 1.807) is 13.4 Å². The van der Waals surface area contributed by atoms with Crippen LogP contribution in [-0.2, 0) is 6.54 Å². The number of aryl methyl sites for hydroxylation is 1. The van der Waals surface area contributed by atoms with Gasteiger partial charge in [-0.15, -0.1) is 0 Å². The van der Waals surface area contributed by atoms with E-state index in [0.29, 0.717) is 6.54 Å². The number of hydrogen-bond acceptors (Lipinski definition) is 3. The van der Waals surface area contributed by atoms with Crippen LogP contribution in [-0.4, -0.2) is 29.0 Å². The van der Waals surface area contributed by atoms with E-state index in [0.717, 1.165) is 53.4 Å². The van der Waals surface area contributed by atoms with Crippen molar-refractivity contribution in [1.29, 1.82) is 0 Å². The van der Waals surface area contributed by atoms with E-state index in [4.69, 9.17) is 9.15 Å². The number of methoxy groups -OCH3 is 1. The number of carbonyl (C=O) groups excluding carboxylic acids is 1. The lowest BCUT2D eigenvalue weighted by molar-refractivity contribution is 0.0734. The van der Waals surface area contributed by atoms with Crippen LogP contribution in [0.5, 0.6) is 5.75 Å². The smallest absolute Gasteiger partial charge is 0.256 e. The molecule has 0 spiro atoms. The minimum atomic E-state index is 0.0933. The summed E-state index contributed by atoms with van der Waals surface area (Å²) in [5.74, 6) is 1.81. The van der Waals surface area contributed by atoms with Crippen molar-refractivity contribution >= 4 is 5.91 Å². The summed E-state index contributed by atoms with van der Waals surface area (Å²) in [6.07, 6.45) is 3.67. The molecular formula is C23H26N2O3. The molecule has 4 rings (SSSR count). The predicted octanol–water partition coefficient (Wildman–Crippen LogP) is 4.73. The number of aromatic nitrogens is 1. The minimum absolute atomic E-state index is 0.0933. The van der Waals surface area contributed by atoms with Crippen LogP contribution in [0.25, 0.3) is 0 Å². The summed E-state index contributed by atoms with van der Waals surface area (Å²) in [6, 6.07) is 14.0. The van der Waals surface area contributed by atoms with Crippen LogP contribution in [0.3, 0.4) is 0 Å². The standard InChI is InChI=1S/C23H26N2O3/c1-16-13-21(17(2)25(16)15-20-9-6-12-28-20)23(26)24-11-5-10-22(24)18-7-4-8-19(14-18)27-3/h4,6-9,12-14,22H,5,10-11,15H2,1-3H3/t22-/m0/s1. The molecule has 1 saturated heterocycles. The van der Waals surface area contributed by atoms with Gasteiger partial charge in [-0.3, -0.25) is 4.79 Å². The lowest BCUT2D eigenvalue weighted by Gasteiger charge is -2.25. The fraction of sp³-hybridized carbons (Fsp3) is 0.348. The number of carbonyl (C=O) groups is 1. The average molecular weight is 378 g/mol. The van der Waals surface area contributed by atoms with E-state index in [-0.39, 0.29) is 11.9 Å². The fourth-order valence-electron chi connectivity index (χ4n) is 4.18. The maximum absolute atomic E-state index is 13.4. The van der Waals surface area contributed by atoms with Gasteiger partial charge >= 0.3 is 0 Å². The Labute approximate surface area is 165 Å². The molecule has 0 bridgehead atoms. The molecule has 1 atom stereocenters. The first-order valence-electron chi connectivity index (χ1n) is 9.72. The first-order chi connectivity index (χ1) is 13.6. The van der Waals surface area contributed by atoms with Crippen LogP contribution in [0.15, 0.2) is 53.1 Å². The first-order valence-corrected chi connectivity index (χ1v) is 9.72. The second-order valence-corrected chi connectivity index (χ2v) is 7.38. The SMILES string of the molecule is COc1cccc([C@@H]2CCCN2C(=O)c2cc(C)n(Cc3ccco3)c2C)c1. The molecule has 2 aromatic heterocycles. The van der Waals surface area contributed by atoms with E-state index in [2.05, 4.69) is 10.6 Å². The highest BCUT2D eigenvalue weighted by molar-refractivity contribution is 5.96. The van der Waals surface area contributed by atoms with E-state index in [1.165, 1.54) is 0 Å². The van der Waals surface area contributed by atoms with Gasteiger partial charge < -0.3 is 18.6 Å². The molecule has 1 amide bonds. The van der Waals surface area contributed by atoms with Gasteiger partial charge in [0, 0.05) is 17.9 Å². The molecule has 1 fully saturated rings. The Kier molecular flexibility index (Phi) is 4.99. The van der Waals surface area contributed by atoms with Crippen LogP contribution in [0.4, 0.5) is 0 Å². The Hall–Kier alpha value is -2.95. The van der Waals surface area contributed by atoms with Crippen molar-refractivity contribution in [3.63, 3.8) is 0 Å². The van der Waals surface area contributed by atoms with Crippen LogP contribution >= 0.6 is 0 Å². The van der Waals surface area contributed by atoms with Gasteiger partial charge in [0.25, 0.3) is 5.91 Å². The van der Waals surface area contributed by atoms with Crippen LogP contribution in [0.2, 0.25) is 0 Å². The highest BCUT2D eigenvalue weighted by Crippen LogP contribution is 2.35. The second-order valence-electron chi connectivity index (χ2n) is 7.38. The maximum Gasteiger partial charge on any atom is 0.256 e. The molecule has 1 aromatic carbocycles. The van der Waals surface area contributed by atoms with Gasteiger partial charge in [-0.2, -0.15) is 0 Å². The van der Waals surface area contributed by atoms with Crippen LogP contribution in [0.1, 0.15) is 52.0 Å². The van der Waals surface area contributed by atoms with E-state index < -0.39 is 0 Å². The summed E-state index contributed by atoms with van der Waals surface area (Å²) >= 11 is 0. The zero-order valence-electron chi connectivity index (χ0n) is 16.6. The van der Waals surface area contributed by atoms with Crippen LogP contribution < -0.4 is 4.74 Å². The molecule has 0 aliphatic carbocycles. The van der Waals surface area contributed by atoms with Crippen molar-refractivity contribution in [3.05, 3.63) is 77.0 Å². The Morgan fingerprint density at radius 1 is 1.21 bits per heavy atom. The molecule has 5 heteroatoms. The van der Waals surface area contributed by atoms with Crippen molar-refractivity contribution in [2.24, 2.45) is 0 Å². The topological polar surface area (TPSA) is 47.6 Å². The Morgan fingerprint density at radius 2 is 2.07 bits per heavy atom. The number of rotatable bonds is 5. The number of benzene rings is 1. The molecule has 0 radical (unpaired) electrons. The highest BCUT2D eigenvalue weighted by atomic mass is 16.5. The zero-order valence-corrected chi connectivity index (χ0v) is 16.6. The van der Waals surface area contributed by atoms with Crippen molar-refractivity contribution in [1.82, 2.24) is 9.47 Å². The highest BCUT2D eigenvalue weighted by Gasteiger charge is 2.32. The summed E-state index contributed by atoms with van der Waals surface area (Å²) in [5, 5.41) is 0. The molecular weight excluding hydrogens is 352 g/mol. The summed E-state index contributed by atoms with van der Waals surface area (Å²) in [4.78, 5) is 15.4. The molecule has 1 aliphatic heterocycles. The van der Waals surface area contributed by atoms with Crippen molar-refractivity contribution in [2.75, 3.05) is 13.7 Å². The molecule has 0 unspecified atom stereocenters. The van der Waals surface area contributed by atoms with Crippen molar-refractivity contribution < 1.29 is 13.9 Å². The summed E-state index contributed by atoms with van der Waals surface area (Å²) in [7, 11) is 1.67. The Morgan fingerprint density at radius 3 is 2.82 bits per heavy atom. The minimum Gasteiger partial charge on any atom is -0.497 e. The van der Waals surface area contributed by atoms with Gasteiger partial charge in [-0.25, -0.2) is 0 Å². The summed E-state index contributed by atoms with van der Waals surface area (Å²) < 4.78 is 13.0. The van der Waals surface area contributed by atoms with Gasteiger partial charge in [-0.05, 0) is 62.6 Å². The molecule has 3 aromatic rings. The van der Waals surface area contributed by atoms with E-state index >= 15 is 0 Å². The van der Waals surface area contributed by atoms with Gasteiger partial charge in [0.2, 0.25) is 0 Å². The number of amides is 1. The number of hydrogen-bond donors (Lipinski definition) is 0. The normalized spacial score (nSPS) is 16.5. The molecule has 28 heavy (non-hydrogen) atoms. The lowest BCUT2D eigenvalue weighted by atomic mass is 10.0. The third kappa shape index (κ3) is 3.33. The van der Waals surface area contributed by atoms with Crippen LogP contribution in [0, 0.1) is 13.8 Å². The number of likely N-dealkylation sites (tertiary alicyclic amines) is 1. The third-order valence-corrected chi connectivity index (χ3v) is 5.69. The molecule has 146 valence electrons. The summed E-state index contributed by atoms with van der Waals surface area (Å²) in [6.45, 7) is 5.47. The third-order valence-electron chi connectivity index (χ3n) is 5.69. The number of furan rings is 1. The van der Waals surface area contributed by atoms with Gasteiger partial charge in [0.1, 0.15) is 11.5 Å². The molecule has 3 heterocycles. The zero-order chi connectivity index (χ0) is 19.7. The summed E-state index contributed by atoms with van der Waals surface area (Å²) in [5.41, 5.74) is 3.96. The molecule has 0 saturated carbocycles.